The molecule has 1 aliphatic rings. The first-order chi connectivity index (χ1) is 17.6. The van der Waals surface area contributed by atoms with Crippen LogP contribution in [0, 0.1) is 11.8 Å². The number of H-pyrrole nitrogens is 1. The maximum Gasteiger partial charge on any atom is 0.254 e. The molecule has 36 heavy (non-hydrogen) atoms. The highest BCUT2D eigenvalue weighted by Gasteiger charge is 2.25. The zero-order valence-electron chi connectivity index (χ0n) is 19.5. The number of nitrogens with one attached hydrogen (secondary N) is 1. The Labute approximate surface area is 206 Å². The van der Waals surface area contributed by atoms with Crippen LogP contribution in [-0.4, -0.2) is 72.9 Å². The van der Waals surface area contributed by atoms with Gasteiger partial charge in [0.2, 0.25) is 5.91 Å². The Bertz CT molecular complexity index is 1690. The van der Waals surface area contributed by atoms with Crippen LogP contribution in [-0.2, 0) is 4.79 Å². The van der Waals surface area contributed by atoms with Gasteiger partial charge >= 0.3 is 0 Å². The van der Waals surface area contributed by atoms with Gasteiger partial charge in [0.05, 0.1) is 11.9 Å². The minimum Gasteiger partial charge on any atom is -0.346 e. The number of hydrogen-bond donors (Lipinski definition) is 1. The van der Waals surface area contributed by atoms with Crippen molar-refractivity contribution in [2.45, 2.75) is 0 Å². The van der Waals surface area contributed by atoms with Gasteiger partial charge in [0.1, 0.15) is 17.9 Å². The first kappa shape index (κ1) is 21.6. The van der Waals surface area contributed by atoms with E-state index in [0.717, 1.165) is 27.9 Å². The van der Waals surface area contributed by atoms with E-state index in [-0.39, 0.29) is 18.4 Å². The van der Waals surface area contributed by atoms with E-state index in [1.807, 2.05) is 42.6 Å². The van der Waals surface area contributed by atoms with E-state index < -0.39 is 0 Å². The molecular weight excluding hydrogens is 454 g/mol. The first-order valence-electron chi connectivity index (χ1n) is 11.5. The lowest BCUT2D eigenvalue weighted by Gasteiger charge is -2.32. The van der Waals surface area contributed by atoms with E-state index in [4.69, 9.17) is 5.10 Å². The SMILES string of the molecule is CN1CCN(C(=O)c2ccc(-c3ccc4ncc(C#Cc5ccnc6[nH]ccc56)n4n3)cc2)CC1=O. The molecule has 2 amide bonds. The maximum absolute atomic E-state index is 12.8. The summed E-state index contributed by atoms with van der Waals surface area (Å²) in [6.45, 7) is 1.18. The number of imidazole rings is 1. The lowest BCUT2D eigenvalue weighted by atomic mass is 10.1. The minimum absolute atomic E-state index is 0.0515. The van der Waals surface area contributed by atoms with E-state index in [2.05, 4.69) is 26.8 Å². The van der Waals surface area contributed by atoms with Crippen LogP contribution >= 0.6 is 0 Å². The quantitative estimate of drug-likeness (QED) is 0.396. The zero-order chi connectivity index (χ0) is 24.6. The molecule has 1 aromatic carbocycles. The molecule has 0 aliphatic carbocycles. The number of rotatable bonds is 2. The molecule has 0 saturated carbocycles. The fourth-order valence-electron chi connectivity index (χ4n) is 4.21. The van der Waals surface area contributed by atoms with Crippen molar-refractivity contribution in [3.8, 4) is 23.1 Å². The summed E-state index contributed by atoms with van der Waals surface area (Å²) < 4.78 is 1.72. The van der Waals surface area contributed by atoms with Gasteiger partial charge in [-0.05, 0) is 42.3 Å². The standard InChI is InChI=1S/C27H21N7O2/c1-32-14-15-33(17-25(32)35)27(36)20-4-2-19(3-5-20)23-8-9-24-30-16-21(34(24)31-23)7-6-18-10-12-28-26-22(18)11-13-29-26/h2-5,8-13,16H,14-15,17H2,1H3,(H,28,29). The van der Waals surface area contributed by atoms with Crippen molar-refractivity contribution in [1.29, 1.82) is 0 Å². The molecule has 0 unspecified atom stereocenters. The van der Waals surface area contributed by atoms with Gasteiger partial charge in [0.25, 0.3) is 5.91 Å². The van der Waals surface area contributed by atoms with Gasteiger partial charge < -0.3 is 14.8 Å². The summed E-state index contributed by atoms with van der Waals surface area (Å²) in [6, 6.07) is 14.9. The Morgan fingerprint density at radius 3 is 2.69 bits per heavy atom. The molecule has 5 aromatic rings. The summed E-state index contributed by atoms with van der Waals surface area (Å²) in [5, 5.41) is 5.70. The highest BCUT2D eigenvalue weighted by molar-refractivity contribution is 5.97. The van der Waals surface area contributed by atoms with Gasteiger partial charge in [0, 0.05) is 54.6 Å². The monoisotopic (exact) mass is 475 g/mol. The average Bonchev–Trinajstić information content (AvgIpc) is 3.56. The Morgan fingerprint density at radius 1 is 1.00 bits per heavy atom. The summed E-state index contributed by atoms with van der Waals surface area (Å²) in [7, 11) is 1.75. The van der Waals surface area contributed by atoms with Crippen LogP contribution in [0.1, 0.15) is 21.6 Å². The third kappa shape index (κ3) is 3.84. The molecule has 176 valence electrons. The molecule has 4 aromatic heterocycles. The summed E-state index contributed by atoms with van der Waals surface area (Å²) in [5.41, 5.74) is 5.15. The topological polar surface area (TPSA) is 99.5 Å². The van der Waals surface area contributed by atoms with Crippen LogP contribution in [0.2, 0.25) is 0 Å². The van der Waals surface area contributed by atoms with Crippen LogP contribution in [0.3, 0.4) is 0 Å². The van der Waals surface area contributed by atoms with E-state index in [1.54, 1.807) is 45.9 Å². The van der Waals surface area contributed by atoms with Gasteiger partial charge in [-0.1, -0.05) is 18.1 Å². The predicted molar refractivity (Wildman–Crippen MR) is 134 cm³/mol. The van der Waals surface area contributed by atoms with Gasteiger partial charge in [-0.25, -0.2) is 14.5 Å². The van der Waals surface area contributed by atoms with Crippen molar-refractivity contribution in [3.05, 3.63) is 83.9 Å². The molecule has 6 rings (SSSR count). The fraction of sp³-hybridized carbons (Fsp3) is 0.148. The maximum atomic E-state index is 12.8. The molecule has 5 heterocycles. The third-order valence-corrected chi connectivity index (χ3v) is 6.32. The second-order valence-corrected chi connectivity index (χ2v) is 8.60. The van der Waals surface area contributed by atoms with Gasteiger partial charge in [-0.3, -0.25) is 9.59 Å². The number of fused-ring (bicyclic) bond motifs is 2. The van der Waals surface area contributed by atoms with Gasteiger partial charge in [0.15, 0.2) is 5.65 Å². The van der Waals surface area contributed by atoms with E-state index in [1.165, 1.54) is 0 Å². The molecule has 9 nitrogen and oxygen atoms in total. The second-order valence-electron chi connectivity index (χ2n) is 8.60. The van der Waals surface area contributed by atoms with Crippen LogP contribution in [0.5, 0.6) is 0 Å². The summed E-state index contributed by atoms with van der Waals surface area (Å²) in [4.78, 5) is 39.8. The first-order valence-corrected chi connectivity index (χ1v) is 11.5. The molecule has 1 aliphatic heterocycles. The zero-order valence-corrected chi connectivity index (χ0v) is 19.5. The van der Waals surface area contributed by atoms with Crippen LogP contribution < -0.4 is 0 Å². The number of carbonyl (C=O) groups excluding carboxylic acids is 2. The summed E-state index contributed by atoms with van der Waals surface area (Å²) >= 11 is 0. The molecule has 0 spiro atoms. The molecule has 0 atom stereocenters. The van der Waals surface area contributed by atoms with Crippen molar-refractivity contribution < 1.29 is 9.59 Å². The highest BCUT2D eigenvalue weighted by atomic mass is 16.2. The molecule has 1 fully saturated rings. The summed E-state index contributed by atoms with van der Waals surface area (Å²) in [5.74, 6) is 6.18. The molecule has 0 bridgehead atoms. The number of aromatic nitrogens is 5. The van der Waals surface area contributed by atoms with Crippen molar-refractivity contribution in [2.75, 3.05) is 26.7 Å². The van der Waals surface area contributed by atoms with Crippen molar-refractivity contribution in [1.82, 2.24) is 34.4 Å². The van der Waals surface area contributed by atoms with Crippen molar-refractivity contribution in [3.63, 3.8) is 0 Å². The number of amides is 2. The number of carbonyl (C=O) groups is 2. The highest BCUT2D eigenvalue weighted by Crippen LogP contribution is 2.20. The van der Waals surface area contributed by atoms with Crippen LogP contribution in [0.15, 0.2) is 67.1 Å². The number of pyridine rings is 1. The lowest BCUT2D eigenvalue weighted by Crippen LogP contribution is -2.50. The third-order valence-electron chi connectivity index (χ3n) is 6.32. The Kier molecular flexibility index (Phi) is 5.19. The number of nitrogens with zero attached hydrogens (tertiary/aromatic N) is 6. The largest absolute Gasteiger partial charge is 0.346 e. The number of hydrogen-bond acceptors (Lipinski definition) is 5. The minimum atomic E-state index is -0.147. The van der Waals surface area contributed by atoms with Crippen molar-refractivity contribution >= 4 is 28.5 Å². The number of piperazine rings is 1. The lowest BCUT2D eigenvalue weighted by molar-refractivity contribution is -0.133. The number of benzene rings is 1. The van der Waals surface area contributed by atoms with Crippen molar-refractivity contribution in [2.24, 2.45) is 0 Å². The fourth-order valence-corrected chi connectivity index (χ4v) is 4.21. The molecule has 1 saturated heterocycles. The number of aromatic amines is 1. The average molecular weight is 476 g/mol. The Balaban J connectivity index is 1.27. The van der Waals surface area contributed by atoms with Gasteiger partial charge in [-0.2, -0.15) is 5.10 Å². The smallest absolute Gasteiger partial charge is 0.254 e. The van der Waals surface area contributed by atoms with E-state index >= 15 is 0 Å². The normalized spacial score (nSPS) is 13.8. The second kappa shape index (κ2) is 8.67. The molecule has 0 radical (unpaired) electrons. The Hall–Kier alpha value is -4.97. The van der Waals surface area contributed by atoms with Gasteiger partial charge in [-0.15, -0.1) is 0 Å². The van der Waals surface area contributed by atoms with Crippen LogP contribution in [0.25, 0.3) is 27.9 Å². The Morgan fingerprint density at radius 2 is 1.86 bits per heavy atom. The molecule has 9 heteroatoms. The molecule has 1 N–H and O–H groups in total. The summed E-state index contributed by atoms with van der Waals surface area (Å²) in [6.07, 6.45) is 5.27. The predicted octanol–water partition coefficient (Wildman–Crippen LogP) is 2.59. The van der Waals surface area contributed by atoms with E-state index in [9.17, 15) is 9.59 Å². The molecular formula is C27H21N7O2. The van der Waals surface area contributed by atoms with E-state index in [0.29, 0.717) is 30.0 Å². The van der Waals surface area contributed by atoms with Crippen LogP contribution in [0.4, 0.5) is 0 Å². The number of likely N-dealkylation sites (N-methyl/N-ethyl adjacent to an activating group) is 1.